The van der Waals surface area contributed by atoms with Crippen LogP contribution < -0.4 is 15.0 Å². The number of hydrogen-bond acceptors (Lipinski definition) is 5. The Morgan fingerprint density at radius 1 is 0.921 bits per heavy atom. The van der Waals surface area contributed by atoms with E-state index in [1.54, 1.807) is 24.3 Å². The maximum atomic E-state index is 12.9. The highest BCUT2D eigenvalue weighted by Gasteiger charge is 2.44. The quantitative estimate of drug-likeness (QED) is 0.461. The van der Waals surface area contributed by atoms with Gasteiger partial charge in [-0.2, -0.15) is 5.10 Å². The minimum Gasteiger partial charge on any atom is -0.335 e. The molecule has 1 fully saturated rings. The fraction of sp³-hybridized carbons (Fsp3) is 0.333. The fourth-order valence-corrected chi connectivity index (χ4v) is 6.91. The van der Waals surface area contributed by atoms with Crippen molar-refractivity contribution in [3.05, 3.63) is 95.1 Å². The van der Waals surface area contributed by atoms with Crippen LogP contribution in [-0.2, 0) is 16.4 Å². The Morgan fingerprint density at radius 3 is 2.37 bits per heavy atom. The molecular weight excluding hydrogens is 496 g/mol. The van der Waals surface area contributed by atoms with Crippen LogP contribution >= 0.6 is 0 Å². The molecule has 2 N–H and O–H groups in total. The van der Waals surface area contributed by atoms with Crippen LogP contribution in [0.5, 0.6) is 0 Å². The van der Waals surface area contributed by atoms with Gasteiger partial charge in [0.05, 0.1) is 22.3 Å². The predicted octanol–water partition coefficient (Wildman–Crippen LogP) is 5.45. The van der Waals surface area contributed by atoms with E-state index in [4.69, 9.17) is 5.10 Å². The number of anilines is 1. The molecule has 1 aliphatic heterocycles. The maximum Gasteiger partial charge on any atom is 0.328 e. The average Bonchev–Trinajstić information content (AvgIpc) is 3.46. The van der Waals surface area contributed by atoms with E-state index in [2.05, 4.69) is 59.4 Å². The zero-order valence-corrected chi connectivity index (χ0v) is 22.2. The molecule has 0 aromatic heterocycles. The average molecular weight is 529 g/mol. The van der Waals surface area contributed by atoms with Crippen LogP contribution in [0.25, 0.3) is 0 Å². The summed E-state index contributed by atoms with van der Waals surface area (Å²) in [6, 6.07) is 22.9. The second-order valence-corrected chi connectivity index (χ2v) is 12.2. The number of carbonyl (C=O) groups excluding carboxylic acids is 1. The number of sulfonamides is 1. The number of nitrogens with zero attached hydrogens (tertiary/aromatic N) is 2. The van der Waals surface area contributed by atoms with Gasteiger partial charge in [-0.3, -0.25) is 5.01 Å². The molecule has 6 rings (SSSR count). The molecule has 196 valence electrons. The van der Waals surface area contributed by atoms with E-state index in [0.29, 0.717) is 0 Å². The maximum absolute atomic E-state index is 12.9. The lowest BCUT2D eigenvalue weighted by molar-refractivity contribution is 0.237. The molecule has 3 aromatic rings. The molecule has 2 atom stereocenters. The van der Waals surface area contributed by atoms with Crippen LogP contribution in [0.4, 0.5) is 10.5 Å². The number of aryl methyl sites for hydroxylation is 1. The van der Waals surface area contributed by atoms with Crippen molar-refractivity contribution in [3.8, 4) is 0 Å². The topological polar surface area (TPSA) is 90.9 Å². The number of amides is 2. The monoisotopic (exact) mass is 528 g/mol. The first kappa shape index (κ1) is 24.7. The Hall–Kier alpha value is -3.65. The van der Waals surface area contributed by atoms with Crippen molar-refractivity contribution in [2.45, 2.75) is 62.4 Å². The van der Waals surface area contributed by atoms with Crippen molar-refractivity contribution in [2.24, 2.45) is 11.0 Å². The van der Waals surface area contributed by atoms with E-state index in [0.717, 1.165) is 49.9 Å². The summed E-state index contributed by atoms with van der Waals surface area (Å²) >= 11 is 0. The van der Waals surface area contributed by atoms with Gasteiger partial charge in [-0.05, 0) is 61.6 Å². The molecule has 3 aromatic carbocycles. The molecule has 2 unspecified atom stereocenters. The molecule has 1 heterocycles. The van der Waals surface area contributed by atoms with E-state index in [1.807, 2.05) is 11.1 Å². The lowest BCUT2D eigenvalue weighted by Crippen LogP contribution is -2.45. The Morgan fingerprint density at radius 2 is 1.63 bits per heavy atom. The van der Waals surface area contributed by atoms with Crippen molar-refractivity contribution in [1.82, 2.24) is 10.0 Å². The standard InChI is InChI=1S/C30H32N4O3S/c1-20-11-13-21(14-12-20)29-27-19-22-7-5-6-10-26(22)28(27)32-34(29)24-15-17-25(18-16-24)38(36,37)33-30(35)31-23-8-3-2-4-9-23/h5-7,10-18,23,27,29H,2-4,8-9,19H2,1H3,(H2,31,33,35). The van der Waals surface area contributed by atoms with Crippen LogP contribution in [0.15, 0.2) is 82.8 Å². The summed E-state index contributed by atoms with van der Waals surface area (Å²) in [5.41, 5.74) is 6.75. The number of benzene rings is 3. The molecule has 2 amide bonds. The molecular formula is C30H32N4O3S. The summed E-state index contributed by atoms with van der Waals surface area (Å²) in [7, 11) is -3.99. The number of urea groups is 1. The summed E-state index contributed by atoms with van der Waals surface area (Å²) in [5, 5.41) is 9.89. The number of hydrogen-bond donors (Lipinski definition) is 2. The minimum absolute atomic E-state index is 0.000136. The van der Waals surface area contributed by atoms with Gasteiger partial charge in [-0.15, -0.1) is 0 Å². The number of hydrazone groups is 1. The normalized spacial score (nSPS) is 21.0. The molecule has 7 nitrogen and oxygen atoms in total. The van der Waals surface area contributed by atoms with Crippen molar-refractivity contribution >= 4 is 27.5 Å². The molecule has 8 heteroatoms. The van der Waals surface area contributed by atoms with Crippen LogP contribution in [0.2, 0.25) is 0 Å². The Balaban J connectivity index is 1.26. The van der Waals surface area contributed by atoms with Gasteiger partial charge >= 0.3 is 6.03 Å². The largest absolute Gasteiger partial charge is 0.335 e. The van der Waals surface area contributed by atoms with Gasteiger partial charge in [0.25, 0.3) is 10.0 Å². The molecule has 0 saturated heterocycles. The summed E-state index contributed by atoms with van der Waals surface area (Å²) in [4.78, 5) is 12.4. The minimum atomic E-state index is -3.99. The van der Waals surface area contributed by atoms with Crippen LogP contribution in [0.3, 0.4) is 0 Å². The summed E-state index contributed by atoms with van der Waals surface area (Å²) in [6.07, 6.45) is 5.94. The van der Waals surface area contributed by atoms with Gasteiger partial charge in [0.2, 0.25) is 0 Å². The second-order valence-electron chi connectivity index (χ2n) is 10.6. The summed E-state index contributed by atoms with van der Waals surface area (Å²) in [6.45, 7) is 2.08. The first-order valence-electron chi connectivity index (χ1n) is 13.3. The lowest BCUT2D eigenvalue weighted by atomic mass is 9.89. The lowest BCUT2D eigenvalue weighted by Gasteiger charge is -2.28. The first-order chi connectivity index (χ1) is 18.4. The van der Waals surface area contributed by atoms with Gasteiger partial charge < -0.3 is 5.32 Å². The van der Waals surface area contributed by atoms with E-state index in [-0.39, 0.29) is 22.9 Å². The van der Waals surface area contributed by atoms with Gasteiger partial charge in [-0.25, -0.2) is 17.9 Å². The summed E-state index contributed by atoms with van der Waals surface area (Å²) in [5.74, 6) is 0.212. The van der Waals surface area contributed by atoms with Gasteiger partial charge in [-0.1, -0.05) is 73.4 Å². The number of nitrogens with one attached hydrogen (secondary N) is 2. The highest BCUT2D eigenvalue weighted by Crippen LogP contribution is 2.46. The summed E-state index contributed by atoms with van der Waals surface area (Å²) < 4.78 is 28.0. The fourth-order valence-electron chi connectivity index (χ4n) is 6.00. The van der Waals surface area contributed by atoms with Gasteiger partial charge in [0, 0.05) is 17.5 Å². The molecule has 1 saturated carbocycles. The molecule has 38 heavy (non-hydrogen) atoms. The van der Waals surface area contributed by atoms with E-state index >= 15 is 0 Å². The molecule has 2 aliphatic carbocycles. The number of carbonyl (C=O) groups is 1. The predicted molar refractivity (Wildman–Crippen MR) is 149 cm³/mol. The number of rotatable bonds is 5. The highest BCUT2D eigenvalue weighted by atomic mass is 32.2. The van der Waals surface area contributed by atoms with Crippen molar-refractivity contribution < 1.29 is 13.2 Å². The third-order valence-electron chi connectivity index (χ3n) is 7.94. The zero-order chi connectivity index (χ0) is 26.3. The van der Waals surface area contributed by atoms with Crippen LogP contribution in [0, 0.1) is 12.8 Å². The van der Waals surface area contributed by atoms with Crippen molar-refractivity contribution in [2.75, 3.05) is 5.01 Å². The Kier molecular flexibility index (Phi) is 6.43. The van der Waals surface area contributed by atoms with E-state index in [1.165, 1.54) is 22.3 Å². The highest BCUT2D eigenvalue weighted by molar-refractivity contribution is 7.90. The van der Waals surface area contributed by atoms with E-state index < -0.39 is 16.1 Å². The zero-order valence-electron chi connectivity index (χ0n) is 21.4. The Bertz CT molecular complexity index is 1480. The molecule has 0 spiro atoms. The van der Waals surface area contributed by atoms with E-state index in [9.17, 15) is 13.2 Å². The van der Waals surface area contributed by atoms with Gasteiger partial charge in [0.1, 0.15) is 0 Å². The third kappa shape index (κ3) is 4.69. The van der Waals surface area contributed by atoms with Crippen LogP contribution in [-0.4, -0.2) is 26.2 Å². The van der Waals surface area contributed by atoms with Gasteiger partial charge in [0.15, 0.2) is 0 Å². The molecule has 0 radical (unpaired) electrons. The first-order valence-corrected chi connectivity index (χ1v) is 14.8. The van der Waals surface area contributed by atoms with Crippen LogP contribution in [0.1, 0.15) is 60.4 Å². The third-order valence-corrected chi connectivity index (χ3v) is 9.29. The molecule has 3 aliphatic rings. The Labute approximate surface area is 224 Å². The van der Waals surface area contributed by atoms with Crippen molar-refractivity contribution in [3.63, 3.8) is 0 Å². The molecule has 0 bridgehead atoms. The van der Waals surface area contributed by atoms with Crippen molar-refractivity contribution in [1.29, 1.82) is 0 Å². The number of fused-ring (bicyclic) bond motifs is 3. The second kappa shape index (κ2) is 9.91. The SMILES string of the molecule is Cc1ccc(C2C3Cc4ccccc4C3=NN2c2ccc(S(=O)(=O)NC(=O)NC3CCCCC3)cc2)cc1. The smallest absolute Gasteiger partial charge is 0.328 e.